The van der Waals surface area contributed by atoms with Gasteiger partial charge < -0.3 is 9.87 Å². The number of rotatable bonds is 9. The van der Waals surface area contributed by atoms with Crippen molar-refractivity contribution in [3.05, 3.63) is 100 Å². The number of hydrogen-bond donors (Lipinski definition) is 1. The fourth-order valence-corrected chi connectivity index (χ4v) is 5.49. The number of halogens is 1. The topological polar surface area (TPSA) is 98.2 Å². The number of aromatic nitrogens is 2. The molecule has 1 aromatic heterocycles. The molecule has 0 saturated carbocycles. The van der Waals surface area contributed by atoms with Crippen LogP contribution in [0.1, 0.15) is 27.2 Å². The van der Waals surface area contributed by atoms with Gasteiger partial charge in [0.1, 0.15) is 5.69 Å². The fourth-order valence-electron chi connectivity index (χ4n) is 3.51. The highest BCUT2D eigenvalue weighted by atomic mass is 35.5. The van der Waals surface area contributed by atoms with E-state index < -0.39 is 17.2 Å². The molecule has 4 aromatic rings. The minimum atomic E-state index is -2.79. The largest absolute Gasteiger partial charge is 0.755 e. The summed E-state index contributed by atoms with van der Waals surface area (Å²) in [5.74, 6) is -0.299. The van der Waals surface area contributed by atoms with Crippen LogP contribution in [-0.2, 0) is 24.2 Å². The Morgan fingerprint density at radius 2 is 1.86 bits per heavy atom. The Morgan fingerprint density at radius 3 is 2.60 bits per heavy atom. The van der Waals surface area contributed by atoms with E-state index >= 15 is 0 Å². The van der Waals surface area contributed by atoms with E-state index in [1.807, 2.05) is 60.9 Å². The van der Waals surface area contributed by atoms with E-state index in [2.05, 4.69) is 14.1 Å². The number of anilines is 2. The summed E-state index contributed by atoms with van der Waals surface area (Å²) in [6.45, 7) is 0.288. The Kier molecular flexibility index (Phi) is 8.53. The van der Waals surface area contributed by atoms with Crippen molar-refractivity contribution >= 4 is 63.8 Å². The van der Waals surface area contributed by atoms with E-state index in [9.17, 15) is 13.6 Å². The van der Waals surface area contributed by atoms with Crippen molar-refractivity contribution in [3.8, 4) is 0 Å². The van der Waals surface area contributed by atoms with Crippen molar-refractivity contribution in [1.29, 1.82) is 0 Å². The van der Waals surface area contributed by atoms with Gasteiger partial charge in [-0.3, -0.25) is 13.3 Å². The van der Waals surface area contributed by atoms with Gasteiger partial charge in [-0.1, -0.05) is 60.1 Å². The molecular weight excluding hydrogens is 524 g/mol. The third-order valence-corrected chi connectivity index (χ3v) is 7.44. The molecule has 0 bridgehead atoms. The number of thioether (sulfide) groups is 1. The summed E-state index contributed by atoms with van der Waals surface area (Å²) >= 11 is 5.92. The van der Waals surface area contributed by atoms with Gasteiger partial charge in [-0.05, 0) is 41.6 Å². The molecule has 0 aliphatic carbocycles. The average molecular weight is 544 g/mol. The lowest BCUT2D eigenvalue weighted by atomic mass is 10.1. The molecule has 0 aliphatic rings. The standard InChI is InChI=1S/C24H21ClN4O3S3/c1-33-22-10-6-5-9-17(22)15-26-24(30)19-12-11-18(25)14-21(19)29(35(31)32)23-20(27-34-28-23)13-16-7-3-2-4-8-16/h2-12,14H,13,15H2,1H3,(H,26,30)(H,31,32)/p-1. The molecule has 7 nitrogen and oxygen atoms in total. The summed E-state index contributed by atoms with van der Waals surface area (Å²) in [7, 11) is 0. The zero-order valence-corrected chi connectivity index (χ0v) is 21.7. The normalized spacial score (nSPS) is 11.7. The van der Waals surface area contributed by atoms with Crippen molar-refractivity contribution in [2.75, 3.05) is 10.6 Å². The maximum absolute atomic E-state index is 13.2. The number of nitrogens with zero attached hydrogens (tertiary/aromatic N) is 3. The van der Waals surface area contributed by atoms with Crippen molar-refractivity contribution in [3.63, 3.8) is 0 Å². The number of carbonyl (C=O) groups excluding carboxylic acids is 1. The molecule has 3 aromatic carbocycles. The Bertz CT molecular complexity index is 1350. The maximum Gasteiger partial charge on any atom is 0.253 e. The van der Waals surface area contributed by atoms with Crippen molar-refractivity contribution in [1.82, 2.24) is 14.1 Å². The molecule has 11 heteroatoms. The van der Waals surface area contributed by atoms with Gasteiger partial charge in [0.2, 0.25) is 0 Å². The summed E-state index contributed by atoms with van der Waals surface area (Å²) in [6, 6.07) is 21.8. The van der Waals surface area contributed by atoms with Gasteiger partial charge >= 0.3 is 0 Å². The third-order valence-electron chi connectivity index (χ3n) is 5.15. The number of carbonyl (C=O) groups is 1. The summed E-state index contributed by atoms with van der Waals surface area (Å²) in [4.78, 5) is 14.2. The van der Waals surface area contributed by atoms with E-state index in [1.54, 1.807) is 17.8 Å². The van der Waals surface area contributed by atoms with Crippen molar-refractivity contribution in [2.45, 2.75) is 17.9 Å². The van der Waals surface area contributed by atoms with Gasteiger partial charge in [-0.15, -0.1) is 11.8 Å². The van der Waals surface area contributed by atoms with Gasteiger partial charge in [0.05, 0.1) is 34.2 Å². The second kappa shape index (κ2) is 11.8. The highest BCUT2D eigenvalue weighted by molar-refractivity contribution is 7.98. The van der Waals surface area contributed by atoms with Crippen LogP contribution >= 0.6 is 35.1 Å². The Balaban J connectivity index is 1.67. The second-order valence-corrected chi connectivity index (χ2v) is 9.98. The lowest BCUT2D eigenvalue weighted by Crippen LogP contribution is -2.28. The summed E-state index contributed by atoms with van der Waals surface area (Å²) in [5, 5.41) is 3.17. The molecule has 0 fully saturated rings. The predicted octanol–water partition coefficient (Wildman–Crippen LogP) is 5.37. The lowest BCUT2D eigenvalue weighted by molar-refractivity contribution is 0.0951. The van der Waals surface area contributed by atoms with Crippen LogP contribution in [0.4, 0.5) is 11.5 Å². The van der Waals surface area contributed by atoms with E-state index in [4.69, 9.17) is 11.6 Å². The molecule has 1 N–H and O–H groups in total. The number of amides is 1. The second-order valence-electron chi connectivity index (χ2n) is 7.36. The van der Waals surface area contributed by atoms with Gasteiger partial charge in [0.15, 0.2) is 5.82 Å². The first kappa shape index (κ1) is 25.3. The third kappa shape index (κ3) is 6.09. The zero-order valence-electron chi connectivity index (χ0n) is 18.5. The molecular formula is C24H20ClN4O3S3-. The fraction of sp³-hybridized carbons (Fsp3) is 0.125. The van der Waals surface area contributed by atoms with Gasteiger partial charge in [0.25, 0.3) is 5.91 Å². The first-order chi connectivity index (χ1) is 17.0. The Morgan fingerprint density at radius 1 is 1.11 bits per heavy atom. The maximum atomic E-state index is 13.2. The summed E-state index contributed by atoms with van der Waals surface area (Å²) in [5.41, 5.74) is 2.64. The first-order valence-electron chi connectivity index (χ1n) is 10.4. The molecule has 35 heavy (non-hydrogen) atoms. The molecule has 180 valence electrons. The SMILES string of the molecule is CSc1ccccc1CNC(=O)c1ccc(Cl)cc1N(c1nsnc1Cc1ccccc1)S(=O)[O-]. The predicted molar refractivity (Wildman–Crippen MR) is 141 cm³/mol. The Labute approximate surface area is 219 Å². The average Bonchev–Trinajstić information content (AvgIpc) is 3.30. The number of benzene rings is 3. The van der Waals surface area contributed by atoms with E-state index in [0.717, 1.165) is 32.1 Å². The van der Waals surface area contributed by atoms with Crippen LogP contribution in [0.5, 0.6) is 0 Å². The number of nitrogens with one attached hydrogen (secondary N) is 1. The van der Waals surface area contributed by atoms with Gasteiger partial charge in [0, 0.05) is 22.9 Å². The number of hydrogen-bond acceptors (Lipinski definition) is 7. The Hall–Kier alpha value is -2.76. The quantitative estimate of drug-likeness (QED) is 0.225. The molecule has 1 unspecified atom stereocenters. The first-order valence-corrected chi connectivity index (χ1v) is 13.8. The molecule has 0 spiro atoms. The van der Waals surface area contributed by atoms with Crippen LogP contribution in [-0.4, -0.2) is 29.7 Å². The van der Waals surface area contributed by atoms with Crippen LogP contribution in [0.15, 0.2) is 77.7 Å². The van der Waals surface area contributed by atoms with Crippen LogP contribution in [0, 0.1) is 0 Å². The van der Waals surface area contributed by atoms with Crippen LogP contribution in [0.2, 0.25) is 5.02 Å². The summed E-state index contributed by atoms with van der Waals surface area (Å²) < 4.78 is 34.4. The van der Waals surface area contributed by atoms with E-state index in [0.29, 0.717) is 12.1 Å². The molecule has 1 amide bonds. The molecule has 0 aliphatic heterocycles. The van der Waals surface area contributed by atoms with E-state index in [-0.39, 0.29) is 28.6 Å². The lowest BCUT2D eigenvalue weighted by Gasteiger charge is -2.27. The molecule has 4 rings (SSSR count). The zero-order chi connectivity index (χ0) is 24.8. The van der Waals surface area contributed by atoms with Gasteiger partial charge in [-0.2, -0.15) is 8.75 Å². The van der Waals surface area contributed by atoms with Crippen molar-refractivity contribution < 1.29 is 13.6 Å². The van der Waals surface area contributed by atoms with Crippen LogP contribution in [0.25, 0.3) is 0 Å². The molecule has 0 radical (unpaired) electrons. The van der Waals surface area contributed by atoms with Crippen LogP contribution in [0.3, 0.4) is 0 Å². The highest BCUT2D eigenvalue weighted by Gasteiger charge is 2.24. The monoisotopic (exact) mass is 543 g/mol. The van der Waals surface area contributed by atoms with Gasteiger partial charge in [-0.25, -0.2) is 0 Å². The molecule has 0 saturated heterocycles. The minimum Gasteiger partial charge on any atom is -0.755 e. The van der Waals surface area contributed by atoms with Crippen LogP contribution < -0.4 is 9.62 Å². The highest BCUT2D eigenvalue weighted by Crippen LogP contribution is 2.34. The smallest absolute Gasteiger partial charge is 0.253 e. The molecule has 1 atom stereocenters. The summed E-state index contributed by atoms with van der Waals surface area (Å²) in [6.07, 6.45) is 2.35. The van der Waals surface area contributed by atoms with E-state index in [1.165, 1.54) is 12.1 Å². The minimum absolute atomic E-state index is 0.100. The molecule has 1 heterocycles. The van der Waals surface area contributed by atoms with Crippen molar-refractivity contribution in [2.24, 2.45) is 0 Å².